The first kappa shape index (κ1) is 12.5. The van der Waals surface area contributed by atoms with E-state index in [2.05, 4.69) is 20.9 Å². The fourth-order valence-electron chi connectivity index (χ4n) is 1.78. The maximum Gasteiger partial charge on any atom is 0.273 e. The van der Waals surface area contributed by atoms with Crippen molar-refractivity contribution in [2.45, 2.75) is 25.4 Å². The molecular formula is C10H16N6O2. The number of rotatable bonds is 5. The van der Waals surface area contributed by atoms with Crippen LogP contribution in [0, 0.1) is 0 Å². The highest BCUT2D eigenvalue weighted by molar-refractivity contribution is 5.91. The van der Waals surface area contributed by atoms with Gasteiger partial charge in [-0.15, -0.1) is 5.10 Å². The highest BCUT2D eigenvalue weighted by Gasteiger charge is 2.21. The topological polar surface area (TPSA) is 115 Å². The minimum Gasteiger partial charge on any atom is -0.352 e. The minimum absolute atomic E-state index is 0.0144. The molecule has 1 fully saturated rings. The van der Waals surface area contributed by atoms with Crippen LogP contribution >= 0.6 is 0 Å². The lowest BCUT2D eigenvalue weighted by molar-refractivity contribution is -0.119. The van der Waals surface area contributed by atoms with Crippen molar-refractivity contribution in [2.24, 2.45) is 5.73 Å². The third-order valence-corrected chi connectivity index (χ3v) is 2.72. The molecular weight excluding hydrogens is 236 g/mol. The second kappa shape index (κ2) is 5.58. The predicted octanol–water partition coefficient (Wildman–Crippen LogP) is -1.75. The molecule has 4 N–H and O–H groups in total. The van der Waals surface area contributed by atoms with Crippen LogP contribution in [0.2, 0.25) is 0 Å². The molecule has 2 heterocycles. The van der Waals surface area contributed by atoms with Crippen molar-refractivity contribution in [3.8, 4) is 0 Å². The van der Waals surface area contributed by atoms with Crippen molar-refractivity contribution in [1.29, 1.82) is 0 Å². The lowest BCUT2D eigenvalue weighted by Gasteiger charge is -2.09. The van der Waals surface area contributed by atoms with Crippen LogP contribution in [0.15, 0.2) is 6.20 Å². The molecule has 98 valence electrons. The third kappa shape index (κ3) is 3.04. The lowest BCUT2D eigenvalue weighted by atomic mass is 10.2. The summed E-state index contributed by atoms with van der Waals surface area (Å²) < 4.78 is 1.52. The Labute approximate surface area is 104 Å². The van der Waals surface area contributed by atoms with Gasteiger partial charge in [0.05, 0.1) is 12.7 Å². The Morgan fingerprint density at radius 3 is 3.17 bits per heavy atom. The molecule has 0 spiro atoms. The molecule has 1 atom stereocenters. The van der Waals surface area contributed by atoms with Gasteiger partial charge in [0.15, 0.2) is 5.69 Å². The molecule has 2 amide bonds. The summed E-state index contributed by atoms with van der Waals surface area (Å²) in [4.78, 5) is 22.7. The number of amides is 2. The molecule has 1 aromatic heterocycles. The number of carbonyl (C=O) groups is 2. The van der Waals surface area contributed by atoms with Gasteiger partial charge in [-0.25, -0.2) is 0 Å². The van der Waals surface area contributed by atoms with Crippen LogP contribution in [0.3, 0.4) is 0 Å². The zero-order chi connectivity index (χ0) is 13.0. The monoisotopic (exact) mass is 252 g/mol. The number of carbonyl (C=O) groups excluding carboxylic acids is 2. The van der Waals surface area contributed by atoms with E-state index in [-0.39, 0.29) is 23.6 Å². The number of hydrogen-bond donors (Lipinski definition) is 3. The van der Waals surface area contributed by atoms with Gasteiger partial charge >= 0.3 is 0 Å². The fourth-order valence-corrected chi connectivity index (χ4v) is 1.78. The molecule has 2 rings (SSSR count). The zero-order valence-corrected chi connectivity index (χ0v) is 9.93. The number of nitrogens with one attached hydrogen (secondary N) is 2. The van der Waals surface area contributed by atoms with E-state index in [0.29, 0.717) is 26.1 Å². The van der Waals surface area contributed by atoms with Gasteiger partial charge in [-0.05, 0) is 6.42 Å². The summed E-state index contributed by atoms with van der Waals surface area (Å²) in [6.07, 6.45) is 2.82. The van der Waals surface area contributed by atoms with E-state index in [1.807, 2.05) is 0 Å². The van der Waals surface area contributed by atoms with E-state index in [4.69, 9.17) is 5.73 Å². The molecule has 0 radical (unpaired) electrons. The van der Waals surface area contributed by atoms with E-state index in [1.165, 1.54) is 4.68 Å². The third-order valence-electron chi connectivity index (χ3n) is 2.72. The molecule has 1 unspecified atom stereocenters. The Hall–Kier alpha value is -1.96. The first-order valence-corrected chi connectivity index (χ1v) is 5.87. The van der Waals surface area contributed by atoms with Crippen LogP contribution in [0.5, 0.6) is 0 Å². The molecule has 0 aromatic carbocycles. The molecule has 1 aliphatic rings. The van der Waals surface area contributed by atoms with Gasteiger partial charge in [0.25, 0.3) is 5.91 Å². The average Bonchev–Trinajstić information content (AvgIpc) is 2.96. The van der Waals surface area contributed by atoms with Gasteiger partial charge in [0.2, 0.25) is 5.91 Å². The molecule has 0 bridgehead atoms. The lowest BCUT2D eigenvalue weighted by Crippen LogP contribution is -2.38. The Balaban J connectivity index is 1.81. The Bertz CT molecular complexity index is 443. The van der Waals surface area contributed by atoms with Crippen molar-refractivity contribution >= 4 is 11.8 Å². The van der Waals surface area contributed by atoms with Gasteiger partial charge in [-0.2, -0.15) is 0 Å². The molecule has 1 saturated heterocycles. The van der Waals surface area contributed by atoms with E-state index >= 15 is 0 Å². The molecule has 1 aromatic rings. The molecule has 0 saturated carbocycles. The van der Waals surface area contributed by atoms with Crippen molar-refractivity contribution in [2.75, 3.05) is 13.1 Å². The number of nitrogens with zero attached hydrogens (tertiary/aromatic N) is 3. The van der Waals surface area contributed by atoms with E-state index < -0.39 is 0 Å². The minimum atomic E-state index is -0.292. The summed E-state index contributed by atoms with van der Waals surface area (Å²) in [5, 5.41) is 13.0. The normalized spacial score (nSPS) is 18.7. The molecule has 8 nitrogen and oxygen atoms in total. The van der Waals surface area contributed by atoms with Crippen LogP contribution in [-0.4, -0.2) is 45.9 Å². The zero-order valence-electron chi connectivity index (χ0n) is 9.93. The Morgan fingerprint density at radius 2 is 2.50 bits per heavy atom. The Morgan fingerprint density at radius 1 is 1.67 bits per heavy atom. The highest BCUT2D eigenvalue weighted by atomic mass is 16.2. The van der Waals surface area contributed by atoms with E-state index in [0.717, 1.165) is 6.42 Å². The fraction of sp³-hybridized carbons (Fsp3) is 0.600. The average molecular weight is 252 g/mol. The van der Waals surface area contributed by atoms with Gasteiger partial charge in [-0.1, -0.05) is 5.21 Å². The maximum atomic E-state index is 11.7. The summed E-state index contributed by atoms with van der Waals surface area (Å²) in [5.74, 6) is -0.262. The molecule has 8 heteroatoms. The van der Waals surface area contributed by atoms with E-state index in [1.54, 1.807) is 6.20 Å². The second-order valence-electron chi connectivity index (χ2n) is 4.17. The van der Waals surface area contributed by atoms with Crippen molar-refractivity contribution in [3.05, 3.63) is 11.9 Å². The molecule has 0 aliphatic carbocycles. The smallest absolute Gasteiger partial charge is 0.273 e. The molecule has 18 heavy (non-hydrogen) atoms. The standard InChI is InChI=1S/C10H16N6O2/c11-3-4-16-6-8(14-15-16)10(18)12-5-7-1-2-9(17)13-7/h6-7H,1-5,11H2,(H,12,18)(H,13,17). The second-order valence-corrected chi connectivity index (χ2v) is 4.17. The quantitative estimate of drug-likeness (QED) is 0.574. The van der Waals surface area contributed by atoms with Crippen LogP contribution < -0.4 is 16.4 Å². The first-order valence-electron chi connectivity index (χ1n) is 5.87. The number of hydrogen-bond acceptors (Lipinski definition) is 5. The Kier molecular flexibility index (Phi) is 3.88. The SMILES string of the molecule is NCCn1cc(C(=O)NCC2CCC(=O)N2)nn1. The summed E-state index contributed by atoms with van der Waals surface area (Å²) >= 11 is 0. The van der Waals surface area contributed by atoms with Gasteiger partial charge in [-0.3, -0.25) is 14.3 Å². The van der Waals surface area contributed by atoms with E-state index in [9.17, 15) is 9.59 Å². The van der Waals surface area contributed by atoms with Crippen LogP contribution in [0.1, 0.15) is 23.3 Å². The summed E-state index contributed by atoms with van der Waals surface area (Å²) in [6, 6.07) is 0.0144. The molecule has 1 aliphatic heterocycles. The summed E-state index contributed by atoms with van der Waals surface area (Å²) in [5.41, 5.74) is 5.63. The van der Waals surface area contributed by atoms with Gasteiger partial charge in [0, 0.05) is 25.6 Å². The van der Waals surface area contributed by atoms with Crippen LogP contribution in [0.25, 0.3) is 0 Å². The maximum absolute atomic E-state index is 11.7. The first-order chi connectivity index (χ1) is 8.69. The van der Waals surface area contributed by atoms with Gasteiger partial charge in [0.1, 0.15) is 0 Å². The largest absolute Gasteiger partial charge is 0.352 e. The van der Waals surface area contributed by atoms with Gasteiger partial charge < -0.3 is 16.4 Å². The van der Waals surface area contributed by atoms with Crippen LogP contribution in [0.4, 0.5) is 0 Å². The summed E-state index contributed by atoms with van der Waals surface area (Å²) in [7, 11) is 0. The van der Waals surface area contributed by atoms with Crippen LogP contribution in [-0.2, 0) is 11.3 Å². The highest BCUT2D eigenvalue weighted by Crippen LogP contribution is 2.05. The van der Waals surface area contributed by atoms with Crippen molar-refractivity contribution < 1.29 is 9.59 Å². The summed E-state index contributed by atoms with van der Waals surface area (Å²) in [6.45, 7) is 1.38. The number of aromatic nitrogens is 3. The van der Waals surface area contributed by atoms with Crippen molar-refractivity contribution in [1.82, 2.24) is 25.6 Å². The van der Waals surface area contributed by atoms with Crippen molar-refractivity contribution in [3.63, 3.8) is 0 Å². The predicted molar refractivity (Wildman–Crippen MR) is 62.6 cm³/mol. The number of nitrogens with two attached hydrogens (primary N) is 1.